The van der Waals surface area contributed by atoms with Crippen molar-refractivity contribution >= 4 is 33.5 Å². The van der Waals surface area contributed by atoms with Crippen molar-refractivity contribution in [3.8, 4) is 0 Å². The minimum atomic E-state index is -0.630. The molecule has 0 bridgehead atoms. The van der Waals surface area contributed by atoms with Crippen LogP contribution in [-0.4, -0.2) is 47.1 Å². The van der Waals surface area contributed by atoms with E-state index < -0.39 is 5.54 Å². The highest BCUT2D eigenvalue weighted by molar-refractivity contribution is 7.18. The molecule has 1 unspecified atom stereocenters. The number of rotatable bonds is 3. The van der Waals surface area contributed by atoms with Gasteiger partial charge in [0.1, 0.15) is 10.5 Å². The third-order valence-electron chi connectivity index (χ3n) is 6.86. The van der Waals surface area contributed by atoms with Gasteiger partial charge in [-0.05, 0) is 37.8 Å². The fourth-order valence-electron chi connectivity index (χ4n) is 5.28. The third kappa shape index (κ3) is 3.55. The highest BCUT2D eigenvalue weighted by atomic mass is 32.1. The summed E-state index contributed by atoms with van der Waals surface area (Å²) in [5, 5.41) is 4.27. The Morgan fingerprint density at radius 2 is 1.93 bits per heavy atom. The van der Waals surface area contributed by atoms with Gasteiger partial charge in [-0.2, -0.15) is 0 Å². The average Bonchev–Trinajstić information content (AvgIpc) is 3.15. The molecule has 2 aromatic rings. The lowest BCUT2D eigenvalue weighted by atomic mass is 9.90. The molecule has 1 spiro atoms. The number of para-hydroxylation sites is 1. The van der Waals surface area contributed by atoms with Gasteiger partial charge in [-0.15, -0.1) is 11.3 Å². The summed E-state index contributed by atoms with van der Waals surface area (Å²) in [5.41, 5.74) is 0.443. The number of benzene rings is 1. The van der Waals surface area contributed by atoms with E-state index >= 15 is 0 Å². The molecule has 2 atom stereocenters. The highest BCUT2D eigenvalue weighted by Crippen LogP contribution is 2.33. The highest BCUT2D eigenvalue weighted by Gasteiger charge is 2.51. The maximum Gasteiger partial charge on any atom is 0.329 e. The normalized spacial score (nSPS) is 27.4. The van der Waals surface area contributed by atoms with Gasteiger partial charge in [0.05, 0.1) is 29.2 Å². The standard InChI is InChI=1S/C22H28N4O2S/c27-20-22(11-5-1-2-6-12-22)24-21(28)26(20)15-25-13-7-8-16(14-25)19-23-17-9-3-4-10-18(17)29-19/h3-4,9-10,16H,1-2,5-8,11-15H2,(H,24,28)/p+1/t16-/m1/s1. The predicted octanol–water partition coefficient (Wildman–Crippen LogP) is 2.66. The summed E-state index contributed by atoms with van der Waals surface area (Å²) in [4.78, 5) is 33.6. The number of fused-ring (bicyclic) bond motifs is 1. The second kappa shape index (κ2) is 7.69. The van der Waals surface area contributed by atoms with Crippen LogP contribution in [0.2, 0.25) is 0 Å². The van der Waals surface area contributed by atoms with E-state index in [0.717, 1.165) is 70.0 Å². The fourth-order valence-corrected chi connectivity index (χ4v) is 6.39. The predicted molar refractivity (Wildman–Crippen MR) is 113 cm³/mol. The molecule has 29 heavy (non-hydrogen) atoms. The lowest BCUT2D eigenvalue weighted by Crippen LogP contribution is -3.15. The van der Waals surface area contributed by atoms with E-state index in [1.54, 1.807) is 11.3 Å². The number of hydrogen-bond acceptors (Lipinski definition) is 4. The number of hydrogen-bond donors (Lipinski definition) is 2. The Hall–Kier alpha value is -1.99. The molecule has 1 aromatic heterocycles. The first kappa shape index (κ1) is 19.0. The zero-order valence-corrected chi connectivity index (χ0v) is 17.6. The van der Waals surface area contributed by atoms with Crippen LogP contribution in [0.25, 0.3) is 10.2 Å². The van der Waals surface area contributed by atoms with E-state index in [2.05, 4.69) is 23.5 Å². The fraction of sp³-hybridized carbons (Fsp3) is 0.591. The number of piperidine rings is 1. The molecule has 3 aliphatic rings. The quantitative estimate of drug-likeness (QED) is 0.761. The topological polar surface area (TPSA) is 66.7 Å². The van der Waals surface area contributed by atoms with Crippen LogP contribution in [0.5, 0.6) is 0 Å². The van der Waals surface area contributed by atoms with Gasteiger partial charge >= 0.3 is 6.03 Å². The summed E-state index contributed by atoms with van der Waals surface area (Å²) in [6, 6.07) is 8.10. The van der Waals surface area contributed by atoms with Crippen LogP contribution in [0.1, 0.15) is 62.3 Å². The molecule has 1 saturated carbocycles. The SMILES string of the molecule is O=C1NC2(CCCCCC2)C(=O)N1C[NH+]1CCC[C@@H](c2nc3ccccc3s2)C1. The van der Waals surface area contributed by atoms with Crippen molar-refractivity contribution < 1.29 is 14.5 Å². The summed E-state index contributed by atoms with van der Waals surface area (Å²) >= 11 is 1.79. The molecule has 1 aromatic carbocycles. The lowest BCUT2D eigenvalue weighted by Gasteiger charge is -2.31. The minimum Gasteiger partial charge on any atom is -0.323 e. The molecule has 3 heterocycles. The van der Waals surface area contributed by atoms with Crippen LogP contribution in [0, 0.1) is 0 Å². The zero-order chi connectivity index (χ0) is 19.8. The third-order valence-corrected chi connectivity index (χ3v) is 8.06. The van der Waals surface area contributed by atoms with Crippen LogP contribution >= 0.6 is 11.3 Å². The van der Waals surface area contributed by atoms with Crippen LogP contribution in [0.3, 0.4) is 0 Å². The van der Waals surface area contributed by atoms with Crippen LogP contribution < -0.4 is 10.2 Å². The van der Waals surface area contributed by atoms with E-state index in [1.807, 2.05) is 6.07 Å². The Bertz CT molecular complexity index is 885. The molecule has 2 N–H and O–H groups in total. The molecule has 3 amide bonds. The molecule has 7 heteroatoms. The summed E-state index contributed by atoms with van der Waals surface area (Å²) in [7, 11) is 0. The minimum absolute atomic E-state index is 0.0130. The second-order valence-corrected chi connectivity index (χ2v) is 9.94. The first-order chi connectivity index (χ1) is 14.1. The molecule has 1 aliphatic carbocycles. The van der Waals surface area contributed by atoms with E-state index in [4.69, 9.17) is 4.98 Å². The van der Waals surface area contributed by atoms with Gasteiger partial charge in [0.25, 0.3) is 5.91 Å². The number of nitrogens with one attached hydrogen (secondary N) is 2. The molecule has 154 valence electrons. The Morgan fingerprint density at radius 3 is 2.72 bits per heavy atom. The van der Waals surface area contributed by atoms with Crippen LogP contribution in [0.4, 0.5) is 4.79 Å². The average molecular weight is 414 g/mol. The van der Waals surface area contributed by atoms with Crippen molar-refractivity contribution in [2.24, 2.45) is 0 Å². The second-order valence-electron chi connectivity index (χ2n) is 8.88. The van der Waals surface area contributed by atoms with E-state index in [9.17, 15) is 9.59 Å². The van der Waals surface area contributed by atoms with E-state index in [0.29, 0.717) is 12.6 Å². The van der Waals surface area contributed by atoms with Crippen molar-refractivity contribution in [1.29, 1.82) is 0 Å². The summed E-state index contributed by atoms with van der Waals surface area (Å²) in [6.07, 6.45) is 8.18. The molecule has 5 rings (SSSR count). The van der Waals surface area contributed by atoms with E-state index in [-0.39, 0.29) is 11.9 Å². The van der Waals surface area contributed by atoms with Gasteiger partial charge in [-0.1, -0.05) is 37.8 Å². The van der Waals surface area contributed by atoms with E-state index in [1.165, 1.54) is 19.5 Å². The monoisotopic (exact) mass is 413 g/mol. The molecule has 6 nitrogen and oxygen atoms in total. The Morgan fingerprint density at radius 1 is 1.14 bits per heavy atom. The summed E-state index contributed by atoms with van der Waals surface area (Å²) < 4.78 is 1.24. The van der Waals surface area contributed by atoms with Gasteiger partial charge in [0, 0.05) is 0 Å². The molecule has 2 saturated heterocycles. The Kier molecular flexibility index (Phi) is 5.04. The largest absolute Gasteiger partial charge is 0.329 e. The van der Waals surface area contributed by atoms with Crippen LogP contribution in [-0.2, 0) is 4.79 Å². The van der Waals surface area contributed by atoms with Crippen molar-refractivity contribution in [2.45, 2.75) is 62.8 Å². The Labute approximate surface area is 175 Å². The molecule has 0 radical (unpaired) electrons. The number of amides is 3. The first-order valence-corrected chi connectivity index (χ1v) is 11.8. The maximum atomic E-state index is 13.2. The number of carbonyl (C=O) groups excluding carboxylic acids is 2. The number of urea groups is 1. The number of aromatic nitrogens is 1. The molecule has 2 aliphatic heterocycles. The van der Waals surface area contributed by atoms with Crippen molar-refractivity contribution in [3.63, 3.8) is 0 Å². The molecular weight excluding hydrogens is 384 g/mol. The number of carbonyl (C=O) groups is 2. The summed E-state index contributed by atoms with van der Waals surface area (Å²) in [6.45, 7) is 2.42. The van der Waals surface area contributed by atoms with Gasteiger partial charge in [0.15, 0.2) is 6.67 Å². The van der Waals surface area contributed by atoms with Gasteiger partial charge in [-0.3, -0.25) is 4.79 Å². The number of quaternary nitrogens is 1. The molecule has 3 fully saturated rings. The smallest absolute Gasteiger partial charge is 0.323 e. The number of likely N-dealkylation sites (tertiary alicyclic amines) is 1. The lowest BCUT2D eigenvalue weighted by molar-refractivity contribution is -0.913. The van der Waals surface area contributed by atoms with Gasteiger partial charge in [0.2, 0.25) is 0 Å². The zero-order valence-electron chi connectivity index (χ0n) is 16.8. The first-order valence-electron chi connectivity index (χ1n) is 11.0. The van der Waals surface area contributed by atoms with Gasteiger partial charge < -0.3 is 10.2 Å². The van der Waals surface area contributed by atoms with Crippen LogP contribution in [0.15, 0.2) is 24.3 Å². The summed E-state index contributed by atoms with van der Waals surface area (Å²) in [5.74, 6) is 0.419. The molecular formula is C22H29N4O2S+. The maximum absolute atomic E-state index is 13.2. The number of nitrogens with zero attached hydrogens (tertiary/aromatic N) is 2. The van der Waals surface area contributed by atoms with Crippen molar-refractivity contribution in [3.05, 3.63) is 29.3 Å². The Balaban J connectivity index is 1.29. The number of imide groups is 1. The van der Waals surface area contributed by atoms with Gasteiger partial charge in [-0.25, -0.2) is 14.7 Å². The van der Waals surface area contributed by atoms with Crippen molar-refractivity contribution in [2.75, 3.05) is 19.8 Å². The van der Waals surface area contributed by atoms with Crippen molar-refractivity contribution in [1.82, 2.24) is 15.2 Å². The number of thiazole rings is 1.